The van der Waals surface area contributed by atoms with Crippen LogP contribution in [0.2, 0.25) is 0 Å². The summed E-state index contributed by atoms with van der Waals surface area (Å²) in [4.78, 5) is 39.5. The molecule has 42 heavy (non-hydrogen) atoms. The molecule has 11 nitrogen and oxygen atoms in total. The summed E-state index contributed by atoms with van der Waals surface area (Å²) in [5, 5.41) is 7.07. The minimum Gasteiger partial charge on any atom is -0.334 e. The number of aryl methyl sites for hydroxylation is 1. The monoisotopic (exact) mass is 609 g/mol. The van der Waals surface area contributed by atoms with Crippen LogP contribution in [0.1, 0.15) is 54.7 Å². The van der Waals surface area contributed by atoms with Crippen molar-refractivity contribution in [2.24, 2.45) is 5.92 Å². The van der Waals surface area contributed by atoms with Crippen molar-refractivity contribution in [2.75, 3.05) is 36.9 Å². The lowest BCUT2D eigenvalue weighted by Gasteiger charge is -2.38. The van der Waals surface area contributed by atoms with Crippen LogP contribution in [-0.4, -0.2) is 67.3 Å². The highest BCUT2D eigenvalue weighted by Gasteiger charge is 2.36. The Hall–Kier alpha value is -3.39. The lowest BCUT2D eigenvalue weighted by molar-refractivity contribution is -0.119. The van der Waals surface area contributed by atoms with Crippen molar-refractivity contribution < 1.29 is 18.0 Å². The molecule has 0 unspecified atom stereocenters. The highest BCUT2D eigenvalue weighted by Crippen LogP contribution is 2.40. The predicted octanol–water partition coefficient (Wildman–Crippen LogP) is 3.64. The SMILES string of the molecule is CNS(=O)(=O)c1cc(-c2sc(Nc3cccc(N4CC(C)(C)NCC4=O)n3)nc2C)cc2c1C(=O)N(CCC1CC1)C2. The van der Waals surface area contributed by atoms with Crippen LogP contribution in [0.3, 0.4) is 0 Å². The number of carbonyl (C=O) groups excluding carboxylic acids is 2. The van der Waals surface area contributed by atoms with Crippen molar-refractivity contribution >= 4 is 49.9 Å². The van der Waals surface area contributed by atoms with Crippen LogP contribution in [0.4, 0.5) is 16.8 Å². The highest BCUT2D eigenvalue weighted by molar-refractivity contribution is 7.89. The van der Waals surface area contributed by atoms with Crippen LogP contribution in [0, 0.1) is 12.8 Å². The molecule has 222 valence electrons. The lowest BCUT2D eigenvalue weighted by atomic mass is 10.0. The fraction of sp³-hybridized carbons (Fsp3) is 0.448. The van der Waals surface area contributed by atoms with Gasteiger partial charge in [0.05, 0.1) is 27.6 Å². The number of fused-ring (bicyclic) bond motifs is 1. The van der Waals surface area contributed by atoms with Crippen molar-refractivity contribution in [2.45, 2.75) is 57.0 Å². The number of hydrogen-bond donors (Lipinski definition) is 3. The van der Waals surface area contributed by atoms with Crippen LogP contribution >= 0.6 is 11.3 Å². The molecule has 0 bridgehead atoms. The van der Waals surface area contributed by atoms with E-state index in [4.69, 9.17) is 0 Å². The minimum absolute atomic E-state index is 0.00304. The highest BCUT2D eigenvalue weighted by atomic mass is 32.2. The van der Waals surface area contributed by atoms with Gasteiger partial charge in [-0.25, -0.2) is 23.1 Å². The van der Waals surface area contributed by atoms with Gasteiger partial charge in [-0.05, 0) is 75.5 Å². The Balaban J connectivity index is 1.29. The normalized spacial score (nSPS) is 18.5. The van der Waals surface area contributed by atoms with E-state index in [2.05, 4.69) is 25.3 Å². The van der Waals surface area contributed by atoms with Gasteiger partial charge in [0.25, 0.3) is 5.91 Å². The van der Waals surface area contributed by atoms with Gasteiger partial charge in [-0.3, -0.25) is 14.5 Å². The van der Waals surface area contributed by atoms with Gasteiger partial charge in [0.1, 0.15) is 11.6 Å². The van der Waals surface area contributed by atoms with Gasteiger partial charge in [0.2, 0.25) is 15.9 Å². The summed E-state index contributed by atoms with van der Waals surface area (Å²) in [6.07, 6.45) is 3.34. The Morgan fingerprint density at radius 3 is 2.69 bits per heavy atom. The molecule has 1 aliphatic carbocycles. The summed E-state index contributed by atoms with van der Waals surface area (Å²) in [6, 6.07) is 8.96. The summed E-state index contributed by atoms with van der Waals surface area (Å²) in [6.45, 7) is 7.72. The second-order valence-corrected chi connectivity index (χ2v) is 14.7. The predicted molar refractivity (Wildman–Crippen MR) is 163 cm³/mol. The van der Waals surface area contributed by atoms with Crippen molar-refractivity contribution in [3.8, 4) is 10.4 Å². The van der Waals surface area contributed by atoms with Crippen LogP contribution in [0.5, 0.6) is 0 Å². The number of nitrogens with zero attached hydrogens (tertiary/aromatic N) is 4. The molecule has 1 aromatic carbocycles. The number of pyridine rings is 1. The molecule has 2 amide bonds. The van der Waals surface area contributed by atoms with E-state index in [0.717, 1.165) is 17.0 Å². The average molecular weight is 610 g/mol. The fourth-order valence-electron chi connectivity index (χ4n) is 5.48. The lowest BCUT2D eigenvalue weighted by Crippen LogP contribution is -2.60. The number of benzene rings is 1. The summed E-state index contributed by atoms with van der Waals surface area (Å²) in [5.74, 6) is 1.50. The standard InChI is InChI=1S/C29H35N7O4S2/c1-17-26(41-28(32-17)34-22-6-5-7-23(33-22)36-16-29(2,3)31-14-24(36)37)19-12-20-15-35(11-10-18-8-9-18)27(38)25(20)21(13-19)42(39,40)30-4/h5-7,12-13,18,30-31H,8-11,14-16H2,1-4H3,(H,32,33,34). The van der Waals surface area contributed by atoms with E-state index in [1.807, 2.05) is 45.0 Å². The average Bonchev–Trinajstić information content (AvgIpc) is 3.64. The van der Waals surface area contributed by atoms with Gasteiger partial charge >= 0.3 is 0 Å². The second kappa shape index (κ2) is 10.7. The number of aromatic nitrogens is 2. The molecule has 3 N–H and O–H groups in total. The molecule has 6 rings (SSSR count). The Labute approximate surface area is 249 Å². The van der Waals surface area contributed by atoms with Crippen molar-refractivity contribution in [3.63, 3.8) is 0 Å². The molecule has 13 heteroatoms. The van der Waals surface area contributed by atoms with Crippen LogP contribution < -0.4 is 20.3 Å². The van der Waals surface area contributed by atoms with Crippen LogP contribution in [0.25, 0.3) is 10.4 Å². The summed E-state index contributed by atoms with van der Waals surface area (Å²) < 4.78 is 28.6. The number of anilines is 3. The van der Waals surface area contributed by atoms with E-state index in [0.29, 0.717) is 53.4 Å². The number of sulfonamides is 1. The number of piperazine rings is 1. The van der Waals surface area contributed by atoms with Gasteiger partial charge in [0.15, 0.2) is 5.13 Å². The number of hydrogen-bond acceptors (Lipinski definition) is 9. The molecule has 1 saturated carbocycles. The number of thiazole rings is 1. The number of carbonyl (C=O) groups is 2. The third-order valence-electron chi connectivity index (χ3n) is 7.99. The van der Waals surface area contributed by atoms with Crippen LogP contribution in [-0.2, 0) is 21.4 Å². The number of amides is 2. The van der Waals surface area contributed by atoms with E-state index in [-0.39, 0.29) is 34.4 Å². The van der Waals surface area contributed by atoms with E-state index in [1.165, 1.54) is 31.2 Å². The van der Waals surface area contributed by atoms with E-state index < -0.39 is 10.0 Å². The largest absolute Gasteiger partial charge is 0.334 e. The van der Waals surface area contributed by atoms with Gasteiger partial charge < -0.3 is 15.5 Å². The zero-order valence-corrected chi connectivity index (χ0v) is 25.8. The number of rotatable bonds is 9. The topological polar surface area (TPSA) is 137 Å². The minimum atomic E-state index is -3.89. The first-order valence-electron chi connectivity index (χ1n) is 14.1. The molecule has 2 aliphatic heterocycles. The maximum absolute atomic E-state index is 13.3. The summed E-state index contributed by atoms with van der Waals surface area (Å²) in [5.41, 5.74) is 2.16. The molecule has 2 fully saturated rings. The summed E-state index contributed by atoms with van der Waals surface area (Å²) in [7, 11) is -2.53. The first kappa shape index (κ1) is 28.7. The first-order chi connectivity index (χ1) is 19.9. The molecule has 0 radical (unpaired) electrons. The van der Waals surface area contributed by atoms with Crippen molar-refractivity contribution in [1.29, 1.82) is 0 Å². The Morgan fingerprint density at radius 2 is 1.95 bits per heavy atom. The molecule has 3 aromatic rings. The fourth-order valence-corrected chi connectivity index (χ4v) is 7.43. The molecular weight excluding hydrogens is 574 g/mol. The molecule has 3 aliphatic rings. The van der Waals surface area contributed by atoms with Crippen LogP contribution in [0.15, 0.2) is 35.2 Å². The second-order valence-electron chi connectivity index (χ2n) is 11.8. The zero-order chi connectivity index (χ0) is 29.8. The Morgan fingerprint density at radius 1 is 1.17 bits per heavy atom. The summed E-state index contributed by atoms with van der Waals surface area (Å²) >= 11 is 1.38. The van der Waals surface area contributed by atoms with E-state index in [1.54, 1.807) is 15.9 Å². The van der Waals surface area contributed by atoms with Crippen molar-refractivity contribution in [1.82, 2.24) is 24.9 Å². The zero-order valence-electron chi connectivity index (χ0n) is 24.2. The first-order valence-corrected chi connectivity index (χ1v) is 16.4. The molecule has 1 saturated heterocycles. The number of nitrogens with one attached hydrogen (secondary N) is 3. The quantitative estimate of drug-likeness (QED) is 0.335. The van der Waals surface area contributed by atoms with Gasteiger partial charge in [-0.15, -0.1) is 0 Å². The Bertz CT molecular complexity index is 1680. The molecular formula is C29H35N7O4S2. The maximum atomic E-state index is 13.3. The third-order valence-corrected chi connectivity index (χ3v) is 10.5. The van der Waals surface area contributed by atoms with Gasteiger partial charge in [-0.1, -0.05) is 30.2 Å². The maximum Gasteiger partial charge on any atom is 0.255 e. The van der Waals surface area contributed by atoms with E-state index >= 15 is 0 Å². The molecule has 4 heterocycles. The Kier molecular flexibility index (Phi) is 7.32. The van der Waals surface area contributed by atoms with Crippen molar-refractivity contribution in [3.05, 3.63) is 47.2 Å². The van der Waals surface area contributed by atoms with Gasteiger partial charge in [-0.2, -0.15) is 0 Å². The molecule has 0 atom stereocenters. The molecule has 2 aromatic heterocycles. The van der Waals surface area contributed by atoms with E-state index in [9.17, 15) is 18.0 Å². The molecule has 0 spiro atoms. The third kappa shape index (κ3) is 5.65. The van der Waals surface area contributed by atoms with Gasteiger partial charge in [0, 0.05) is 25.2 Å². The smallest absolute Gasteiger partial charge is 0.255 e.